The lowest BCUT2D eigenvalue weighted by Gasteiger charge is -2.56. The Kier molecular flexibility index (Phi) is 6.17. The molecule has 2 bridgehead atoms. The molecule has 3 unspecified atom stereocenters. The van der Waals surface area contributed by atoms with Crippen LogP contribution in [0.25, 0.3) is 44.5 Å². The number of nitriles is 1. The Labute approximate surface area is 246 Å². The van der Waals surface area contributed by atoms with Gasteiger partial charge in [0.15, 0.2) is 0 Å². The number of pyridine rings is 2. The van der Waals surface area contributed by atoms with Gasteiger partial charge in [0, 0.05) is 52.6 Å². The Morgan fingerprint density at radius 2 is 1.62 bits per heavy atom. The van der Waals surface area contributed by atoms with Crippen LogP contribution in [0, 0.1) is 18.3 Å². The second-order valence-electron chi connectivity index (χ2n) is 12.1. The molecule has 2 saturated heterocycles. The van der Waals surface area contributed by atoms with Crippen LogP contribution in [0.3, 0.4) is 0 Å². The van der Waals surface area contributed by atoms with Gasteiger partial charge in [-0.2, -0.15) is 5.26 Å². The summed E-state index contributed by atoms with van der Waals surface area (Å²) in [7, 11) is 0. The maximum atomic E-state index is 9.29. The molecule has 2 aliphatic heterocycles. The largest absolute Gasteiger partial charge is 0.378 e. The van der Waals surface area contributed by atoms with Crippen molar-refractivity contribution in [3.05, 3.63) is 95.4 Å². The first-order valence-corrected chi connectivity index (χ1v) is 15.1. The second kappa shape index (κ2) is 10.2. The molecule has 3 aromatic heterocycles. The molecule has 6 heteroatoms. The molecule has 0 saturated carbocycles. The van der Waals surface area contributed by atoms with Gasteiger partial charge >= 0.3 is 0 Å². The minimum Gasteiger partial charge on any atom is -0.378 e. The molecule has 5 heterocycles. The summed E-state index contributed by atoms with van der Waals surface area (Å²) in [4.78, 5) is 15.5. The molecule has 42 heavy (non-hydrogen) atoms. The molecule has 0 amide bonds. The van der Waals surface area contributed by atoms with Crippen molar-refractivity contribution in [1.82, 2.24) is 19.9 Å². The first-order chi connectivity index (χ1) is 20.6. The van der Waals surface area contributed by atoms with Crippen molar-refractivity contribution in [3.63, 3.8) is 0 Å². The normalized spacial score (nSPS) is 21.8. The first kappa shape index (κ1) is 25.4. The summed E-state index contributed by atoms with van der Waals surface area (Å²) in [5.41, 5.74) is 11.8. The molecule has 1 N–H and O–H groups in total. The van der Waals surface area contributed by atoms with Crippen LogP contribution in [0.2, 0.25) is 0 Å². The van der Waals surface area contributed by atoms with E-state index in [4.69, 9.17) is 9.72 Å². The summed E-state index contributed by atoms with van der Waals surface area (Å²) in [5.74, 6) is 0. The average Bonchev–Trinajstić information content (AvgIpc) is 3.35. The van der Waals surface area contributed by atoms with Gasteiger partial charge < -0.3 is 9.72 Å². The number of aryl methyl sites for hydroxylation is 3. The van der Waals surface area contributed by atoms with Gasteiger partial charge in [-0.25, -0.2) is 9.97 Å². The SMILES string of the molecule is Cc1ccc(C#N)nc1-c1ccc(-c2c[nH]c3ncc(-c4ccc5c(c4)CCC(N4C6COCC4C6)CC5)cc23)cc1. The molecule has 6 nitrogen and oxygen atoms in total. The highest BCUT2D eigenvalue weighted by molar-refractivity contribution is 5.96. The van der Waals surface area contributed by atoms with E-state index in [1.54, 1.807) is 6.07 Å². The van der Waals surface area contributed by atoms with Crippen LogP contribution in [0.4, 0.5) is 0 Å². The number of rotatable bonds is 4. The summed E-state index contributed by atoms with van der Waals surface area (Å²) in [6, 6.07) is 25.6. The maximum absolute atomic E-state index is 9.29. The second-order valence-corrected chi connectivity index (χ2v) is 12.1. The number of ether oxygens (including phenoxy) is 1. The predicted molar refractivity (Wildman–Crippen MR) is 165 cm³/mol. The van der Waals surface area contributed by atoms with Crippen molar-refractivity contribution >= 4 is 11.0 Å². The van der Waals surface area contributed by atoms with Crippen molar-refractivity contribution in [2.75, 3.05) is 13.2 Å². The zero-order chi connectivity index (χ0) is 28.2. The molecule has 208 valence electrons. The number of H-pyrrole nitrogens is 1. The fourth-order valence-electron chi connectivity index (χ4n) is 7.42. The summed E-state index contributed by atoms with van der Waals surface area (Å²) in [6.07, 6.45) is 10.1. The van der Waals surface area contributed by atoms with E-state index in [2.05, 4.69) is 69.5 Å². The minimum absolute atomic E-state index is 0.432. The van der Waals surface area contributed by atoms with E-state index in [0.29, 0.717) is 23.8 Å². The Bertz CT molecular complexity index is 1840. The first-order valence-electron chi connectivity index (χ1n) is 15.1. The number of hydrogen-bond acceptors (Lipinski definition) is 5. The fourth-order valence-corrected chi connectivity index (χ4v) is 7.42. The van der Waals surface area contributed by atoms with Gasteiger partial charge in [0.25, 0.3) is 0 Å². The monoisotopic (exact) mass is 551 g/mol. The number of aromatic amines is 1. The van der Waals surface area contributed by atoms with Crippen LogP contribution in [0.15, 0.2) is 73.1 Å². The van der Waals surface area contributed by atoms with E-state index in [-0.39, 0.29) is 0 Å². The molecule has 2 aromatic carbocycles. The van der Waals surface area contributed by atoms with E-state index in [0.717, 1.165) is 70.6 Å². The maximum Gasteiger partial charge on any atom is 0.141 e. The van der Waals surface area contributed by atoms with Gasteiger partial charge in [-0.05, 0) is 79.0 Å². The third-order valence-electron chi connectivity index (χ3n) is 9.67. The zero-order valence-corrected chi connectivity index (χ0v) is 23.8. The molecule has 3 aliphatic rings. The standard InChI is InChI=1S/C36H33N5O/c1-22-2-11-29(17-37)40-35(22)25-6-4-24(5-7-25)34-19-39-36-33(34)15-28(18-38-36)27-8-3-23-9-12-30(13-10-26(23)14-27)41-31-16-32(41)21-42-20-31/h2-8,11,14-15,18-19,30-32H,9-10,12-13,16,20-21H2,1H3,(H,38,39). The highest BCUT2D eigenvalue weighted by atomic mass is 16.5. The van der Waals surface area contributed by atoms with Crippen LogP contribution in [0.1, 0.15) is 41.6 Å². The number of benzene rings is 2. The fraction of sp³-hybridized carbons (Fsp3) is 0.306. The highest BCUT2D eigenvalue weighted by Crippen LogP contribution is 2.38. The van der Waals surface area contributed by atoms with E-state index < -0.39 is 0 Å². The molecular weight excluding hydrogens is 518 g/mol. The highest BCUT2D eigenvalue weighted by Gasteiger charge is 2.45. The molecule has 5 aromatic rings. The summed E-state index contributed by atoms with van der Waals surface area (Å²) >= 11 is 0. The molecule has 1 aliphatic carbocycles. The van der Waals surface area contributed by atoms with Crippen LogP contribution < -0.4 is 0 Å². The van der Waals surface area contributed by atoms with Crippen LogP contribution >= 0.6 is 0 Å². The van der Waals surface area contributed by atoms with E-state index in [1.807, 2.05) is 25.4 Å². The lowest BCUT2D eigenvalue weighted by Crippen LogP contribution is -2.66. The lowest BCUT2D eigenvalue weighted by atomic mass is 9.87. The van der Waals surface area contributed by atoms with Gasteiger partial charge in [-0.15, -0.1) is 0 Å². The number of aromatic nitrogens is 3. The van der Waals surface area contributed by atoms with E-state index >= 15 is 0 Å². The van der Waals surface area contributed by atoms with Crippen molar-refractivity contribution in [3.8, 4) is 39.6 Å². The van der Waals surface area contributed by atoms with Crippen LogP contribution in [-0.2, 0) is 17.6 Å². The zero-order valence-electron chi connectivity index (χ0n) is 23.8. The van der Waals surface area contributed by atoms with Gasteiger partial charge in [-0.1, -0.05) is 48.5 Å². The molecular formula is C36H33N5O. The van der Waals surface area contributed by atoms with Crippen molar-refractivity contribution in [2.45, 2.75) is 57.2 Å². The number of hydrogen-bond donors (Lipinski definition) is 1. The van der Waals surface area contributed by atoms with Crippen LogP contribution in [0.5, 0.6) is 0 Å². The van der Waals surface area contributed by atoms with Gasteiger partial charge in [-0.3, -0.25) is 4.90 Å². The topological polar surface area (TPSA) is 77.8 Å². The third kappa shape index (κ3) is 4.32. The summed E-state index contributed by atoms with van der Waals surface area (Å²) in [6.45, 7) is 3.85. The Balaban J connectivity index is 1.06. The number of morpholine rings is 1. The summed E-state index contributed by atoms with van der Waals surface area (Å²) < 4.78 is 5.75. The van der Waals surface area contributed by atoms with Gasteiger partial charge in [0.2, 0.25) is 0 Å². The smallest absolute Gasteiger partial charge is 0.141 e. The van der Waals surface area contributed by atoms with E-state index in [9.17, 15) is 5.26 Å². The lowest BCUT2D eigenvalue weighted by molar-refractivity contribution is -0.148. The molecule has 3 atom stereocenters. The van der Waals surface area contributed by atoms with Gasteiger partial charge in [0.05, 0.1) is 18.9 Å². The Morgan fingerprint density at radius 1 is 0.857 bits per heavy atom. The van der Waals surface area contributed by atoms with Crippen LogP contribution in [-0.4, -0.2) is 51.2 Å². The summed E-state index contributed by atoms with van der Waals surface area (Å²) in [5, 5.41) is 10.4. The Hall–Kier alpha value is -4.31. The molecule has 0 radical (unpaired) electrons. The number of nitrogens with one attached hydrogen (secondary N) is 1. The quantitative estimate of drug-likeness (QED) is 0.247. The average molecular weight is 552 g/mol. The molecule has 2 fully saturated rings. The number of nitrogens with zero attached hydrogens (tertiary/aromatic N) is 4. The minimum atomic E-state index is 0.432. The van der Waals surface area contributed by atoms with E-state index in [1.165, 1.54) is 36.0 Å². The predicted octanol–water partition coefficient (Wildman–Crippen LogP) is 6.86. The van der Waals surface area contributed by atoms with Crippen molar-refractivity contribution in [2.24, 2.45) is 0 Å². The molecule has 0 spiro atoms. The third-order valence-corrected chi connectivity index (χ3v) is 9.67. The Morgan fingerprint density at radius 3 is 2.40 bits per heavy atom. The number of fused-ring (bicyclic) bond motifs is 4. The molecule has 8 rings (SSSR count). The van der Waals surface area contributed by atoms with Gasteiger partial charge in [0.1, 0.15) is 17.4 Å². The van der Waals surface area contributed by atoms with Crippen molar-refractivity contribution < 1.29 is 4.74 Å². The van der Waals surface area contributed by atoms with Crippen molar-refractivity contribution in [1.29, 1.82) is 5.26 Å².